The van der Waals surface area contributed by atoms with Crippen LogP contribution >= 0.6 is 0 Å². The van der Waals surface area contributed by atoms with E-state index in [1.54, 1.807) is 0 Å². The molecule has 1 aromatic heterocycles. The lowest BCUT2D eigenvalue weighted by Crippen LogP contribution is -2.28. The molecule has 0 amide bonds. The zero-order chi connectivity index (χ0) is 14.8. The molecule has 1 rings (SSSR count). The van der Waals surface area contributed by atoms with Gasteiger partial charge in [0.2, 0.25) is 0 Å². The van der Waals surface area contributed by atoms with Gasteiger partial charge in [-0.15, -0.1) is 0 Å². The molecule has 0 bridgehead atoms. The molecule has 4 N–H and O–H groups in total. The maximum atomic E-state index is 13.0. The number of aryl methyl sites for hydroxylation is 1. The summed E-state index contributed by atoms with van der Waals surface area (Å²) in [6.07, 6.45) is 0.563. The van der Waals surface area contributed by atoms with Gasteiger partial charge in [0, 0.05) is 12.7 Å². The second-order valence-corrected chi connectivity index (χ2v) is 3.34. The number of nitrogens with zero attached hydrogens (tertiary/aromatic N) is 2. The van der Waals surface area contributed by atoms with Gasteiger partial charge >= 0.3 is 5.69 Å². The summed E-state index contributed by atoms with van der Waals surface area (Å²) in [5.41, 5.74) is 4.45. The van der Waals surface area contributed by atoms with E-state index in [0.717, 1.165) is 10.8 Å². The van der Waals surface area contributed by atoms with Gasteiger partial charge in [-0.25, -0.2) is 9.18 Å². The third kappa shape index (κ3) is 5.77. The van der Waals surface area contributed by atoms with E-state index in [0.29, 0.717) is 0 Å². The van der Waals surface area contributed by atoms with E-state index in [-0.39, 0.29) is 19.6 Å². The second kappa shape index (κ2) is 9.42. The van der Waals surface area contributed by atoms with E-state index >= 15 is 0 Å². The summed E-state index contributed by atoms with van der Waals surface area (Å²) in [7, 11) is 0. The number of anilines is 1. The van der Waals surface area contributed by atoms with Crippen molar-refractivity contribution in [1.29, 1.82) is 0 Å². The molecule has 0 aromatic carbocycles. The topological polar surface area (TPSA) is 111 Å². The summed E-state index contributed by atoms with van der Waals surface area (Å²) in [6, 6.07) is 0. The zero-order valence-corrected chi connectivity index (χ0v) is 11.0. The number of aliphatic hydroxyl groups is 2. The van der Waals surface area contributed by atoms with Gasteiger partial charge in [0.1, 0.15) is 6.79 Å². The Morgan fingerprint density at radius 1 is 1.53 bits per heavy atom. The molecule has 0 spiro atoms. The highest BCUT2D eigenvalue weighted by Crippen LogP contribution is 2.03. The zero-order valence-electron chi connectivity index (χ0n) is 11.0. The van der Waals surface area contributed by atoms with E-state index < -0.39 is 30.2 Å². The van der Waals surface area contributed by atoms with Crippen molar-refractivity contribution in [3.05, 3.63) is 22.5 Å². The van der Waals surface area contributed by atoms with Crippen molar-refractivity contribution in [1.82, 2.24) is 9.55 Å². The van der Waals surface area contributed by atoms with E-state index in [2.05, 4.69) is 4.98 Å². The van der Waals surface area contributed by atoms with Crippen molar-refractivity contribution in [2.45, 2.75) is 32.9 Å². The summed E-state index contributed by atoms with van der Waals surface area (Å²) in [4.78, 5) is 14.6. The number of aromatic nitrogens is 2. The molecular formula is C11H20FN3O4. The molecule has 1 atom stereocenters. The third-order valence-corrected chi connectivity index (χ3v) is 2.18. The minimum absolute atomic E-state index is 0.105. The lowest BCUT2D eigenvalue weighted by Gasteiger charge is -2.14. The van der Waals surface area contributed by atoms with Crippen LogP contribution in [0.2, 0.25) is 0 Å². The van der Waals surface area contributed by atoms with E-state index in [4.69, 9.17) is 20.7 Å². The Hall–Kier alpha value is -1.51. The number of nitrogens with two attached hydrogens (primary N) is 1. The van der Waals surface area contributed by atoms with Crippen molar-refractivity contribution in [3.63, 3.8) is 0 Å². The molecule has 0 aliphatic rings. The first-order valence-corrected chi connectivity index (χ1v) is 5.94. The molecule has 7 nitrogen and oxygen atoms in total. The standard InChI is InChI=1S/C9H14FN3O4.C2H6/c10-7-3-13(9(16)12-8(7)11)2-1-6(4-14)17-5-15;1-2/h3,6,14-15H,1-2,4-5H2,(H2,11,12,16);1-2H3. The lowest BCUT2D eigenvalue weighted by atomic mass is 10.2. The number of ether oxygens (including phenoxy) is 1. The molecule has 1 unspecified atom stereocenters. The van der Waals surface area contributed by atoms with Crippen LogP contribution in [-0.2, 0) is 11.3 Å². The molecular weight excluding hydrogens is 257 g/mol. The highest BCUT2D eigenvalue weighted by Gasteiger charge is 2.10. The Morgan fingerprint density at radius 2 is 2.16 bits per heavy atom. The Labute approximate surface area is 110 Å². The lowest BCUT2D eigenvalue weighted by molar-refractivity contribution is -0.0728. The van der Waals surface area contributed by atoms with Gasteiger partial charge in [-0.05, 0) is 6.42 Å². The smallest absolute Gasteiger partial charge is 0.349 e. The van der Waals surface area contributed by atoms with Gasteiger partial charge in [-0.2, -0.15) is 4.98 Å². The molecule has 0 aliphatic heterocycles. The highest BCUT2D eigenvalue weighted by atomic mass is 19.1. The van der Waals surface area contributed by atoms with Crippen molar-refractivity contribution < 1.29 is 19.3 Å². The molecule has 0 aliphatic carbocycles. The maximum Gasteiger partial charge on any atom is 0.349 e. The number of nitrogen functional groups attached to an aromatic ring is 1. The highest BCUT2D eigenvalue weighted by molar-refractivity contribution is 5.26. The Bertz CT molecular complexity index is 425. The van der Waals surface area contributed by atoms with E-state index in [1.165, 1.54) is 0 Å². The minimum Gasteiger partial charge on any atom is -0.394 e. The predicted octanol–water partition coefficient (Wildman–Crippen LogP) is -0.292. The molecule has 1 heterocycles. The second-order valence-electron chi connectivity index (χ2n) is 3.34. The molecule has 1 aromatic rings. The van der Waals surface area contributed by atoms with Crippen LogP contribution in [0.4, 0.5) is 10.2 Å². The average molecular weight is 277 g/mol. The summed E-state index contributed by atoms with van der Waals surface area (Å²) in [5.74, 6) is -1.23. The Balaban J connectivity index is 0.00000154. The molecule has 0 saturated carbocycles. The van der Waals surface area contributed by atoms with Crippen LogP contribution in [0.5, 0.6) is 0 Å². The fraction of sp³-hybridized carbons (Fsp3) is 0.636. The number of hydrogen-bond acceptors (Lipinski definition) is 6. The number of rotatable bonds is 6. The van der Waals surface area contributed by atoms with Crippen LogP contribution in [0.1, 0.15) is 20.3 Å². The molecule has 0 fully saturated rings. The van der Waals surface area contributed by atoms with Crippen LogP contribution in [0.25, 0.3) is 0 Å². The quantitative estimate of drug-likeness (QED) is 0.616. The van der Waals surface area contributed by atoms with Gasteiger partial charge in [0.05, 0.1) is 12.7 Å². The van der Waals surface area contributed by atoms with Gasteiger partial charge in [0.25, 0.3) is 0 Å². The molecule has 110 valence electrons. The molecule has 19 heavy (non-hydrogen) atoms. The summed E-state index contributed by atoms with van der Waals surface area (Å²) < 4.78 is 18.8. The molecule has 8 heteroatoms. The third-order valence-electron chi connectivity index (χ3n) is 2.18. The number of aliphatic hydroxyl groups excluding tert-OH is 2. The monoisotopic (exact) mass is 277 g/mol. The normalized spacial score (nSPS) is 11.6. The van der Waals surface area contributed by atoms with Crippen LogP contribution in [-0.4, -0.2) is 39.3 Å². The Kier molecular flexibility index (Phi) is 8.68. The number of halogens is 1. The van der Waals surface area contributed by atoms with E-state index in [9.17, 15) is 9.18 Å². The number of hydrogen-bond donors (Lipinski definition) is 3. The fourth-order valence-corrected chi connectivity index (χ4v) is 1.25. The average Bonchev–Trinajstić information content (AvgIpc) is 2.42. The van der Waals surface area contributed by atoms with Gasteiger partial charge in [-0.1, -0.05) is 13.8 Å². The van der Waals surface area contributed by atoms with Crippen molar-refractivity contribution in [2.24, 2.45) is 0 Å². The van der Waals surface area contributed by atoms with E-state index in [1.807, 2.05) is 13.8 Å². The molecule has 0 radical (unpaired) electrons. The predicted molar refractivity (Wildman–Crippen MR) is 67.9 cm³/mol. The van der Waals surface area contributed by atoms with Crippen molar-refractivity contribution in [2.75, 3.05) is 19.1 Å². The van der Waals surface area contributed by atoms with Gasteiger partial charge in [-0.3, -0.25) is 4.57 Å². The summed E-state index contributed by atoms with van der Waals surface area (Å²) in [6.45, 7) is 3.27. The van der Waals surface area contributed by atoms with Gasteiger partial charge < -0.3 is 20.7 Å². The van der Waals surface area contributed by atoms with Crippen molar-refractivity contribution in [3.8, 4) is 0 Å². The summed E-state index contributed by atoms with van der Waals surface area (Å²) >= 11 is 0. The summed E-state index contributed by atoms with van der Waals surface area (Å²) in [5, 5.41) is 17.4. The first-order chi connectivity index (χ1) is 9.08. The Morgan fingerprint density at radius 3 is 2.68 bits per heavy atom. The minimum atomic E-state index is -0.784. The maximum absolute atomic E-state index is 13.0. The first kappa shape index (κ1) is 17.5. The van der Waals surface area contributed by atoms with Crippen LogP contribution < -0.4 is 11.4 Å². The largest absolute Gasteiger partial charge is 0.394 e. The van der Waals surface area contributed by atoms with Crippen LogP contribution in [0.3, 0.4) is 0 Å². The first-order valence-electron chi connectivity index (χ1n) is 5.94. The van der Waals surface area contributed by atoms with Gasteiger partial charge in [0.15, 0.2) is 11.6 Å². The fourth-order valence-electron chi connectivity index (χ4n) is 1.25. The van der Waals surface area contributed by atoms with Crippen LogP contribution in [0.15, 0.2) is 11.0 Å². The van der Waals surface area contributed by atoms with Crippen LogP contribution in [0, 0.1) is 5.82 Å². The molecule has 0 saturated heterocycles. The SMILES string of the molecule is CC.Nc1nc(=O)n(CCC(CO)OCO)cc1F. The van der Waals surface area contributed by atoms with Crippen molar-refractivity contribution >= 4 is 5.82 Å².